The van der Waals surface area contributed by atoms with Crippen LogP contribution >= 0.6 is 11.6 Å². The van der Waals surface area contributed by atoms with Gasteiger partial charge in [-0.25, -0.2) is 0 Å². The van der Waals surface area contributed by atoms with E-state index in [2.05, 4.69) is 5.32 Å². The molecular formula is C17H23ClN2O3. The summed E-state index contributed by atoms with van der Waals surface area (Å²) in [6, 6.07) is 7.49. The molecule has 0 saturated heterocycles. The van der Waals surface area contributed by atoms with Crippen LogP contribution in [0.4, 0.5) is 0 Å². The Morgan fingerprint density at radius 2 is 2.00 bits per heavy atom. The topological polar surface area (TPSA) is 69.6 Å². The number of amides is 1. The van der Waals surface area contributed by atoms with Crippen molar-refractivity contribution in [3.63, 3.8) is 0 Å². The van der Waals surface area contributed by atoms with Crippen LogP contribution in [0.1, 0.15) is 25.5 Å². The van der Waals surface area contributed by atoms with E-state index in [0.29, 0.717) is 11.6 Å². The van der Waals surface area contributed by atoms with E-state index < -0.39 is 23.2 Å². The number of halogens is 1. The Labute approximate surface area is 141 Å². The highest BCUT2D eigenvalue weighted by atomic mass is 35.5. The van der Waals surface area contributed by atoms with Crippen molar-refractivity contribution < 1.29 is 14.7 Å². The lowest BCUT2D eigenvalue weighted by Gasteiger charge is -2.25. The Balaban J connectivity index is 2.03. The van der Waals surface area contributed by atoms with E-state index in [1.165, 1.54) is 0 Å². The fraction of sp³-hybridized carbons (Fsp3) is 0.529. The molecule has 1 aliphatic rings. The summed E-state index contributed by atoms with van der Waals surface area (Å²) in [4.78, 5) is 25.5. The van der Waals surface area contributed by atoms with Crippen LogP contribution in [0.2, 0.25) is 5.02 Å². The van der Waals surface area contributed by atoms with Crippen molar-refractivity contribution in [3.8, 4) is 0 Å². The first-order valence-corrected chi connectivity index (χ1v) is 7.96. The summed E-state index contributed by atoms with van der Waals surface area (Å²) >= 11 is 6.04. The lowest BCUT2D eigenvalue weighted by Crippen LogP contribution is -2.36. The highest BCUT2D eigenvalue weighted by molar-refractivity contribution is 6.30. The molecule has 1 saturated carbocycles. The smallest absolute Gasteiger partial charge is 0.307 e. The number of carbonyl (C=O) groups excluding carboxylic acids is 1. The number of carbonyl (C=O) groups is 2. The van der Waals surface area contributed by atoms with Crippen molar-refractivity contribution >= 4 is 23.5 Å². The molecule has 1 fully saturated rings. The SMILES string of the molecule is CN(C)[C@@H](CNC(=O)[C@H]1[C@H](C(=O)O)C1(C)C)c1cccc(Cl)c1. The van der Waals surface area contributed by atoms with Crippen molar-refractivity contribution in [2.45, 2.75) is 19.9 Å². The minimum Gasteiger partial charge on any atom is -0.481 e. The molecule has 1 aromatic rings. The van der Waals surface area contributed by atoms with Gasteiger partial charge in [0, 0.05) is 11.6 Å². The second kappa shape index (κ2) is 6.49. The van der Waals surface area contributed by atoms with E-state index in [0.717, 1.165) is 5.56 Å². The molecule has 0 aromatic heterocycles. The molecule has 3 atom stereocenters. The Morgan fingerprint density at radius 1 is 1.35 bits per heavy atom. The van der Waals surface area contributed by atoms with Crippen LogP contribution < -0.4 is 5.32 Å². The molecule has 0 aliphatic heterocycles. The molecule has 0 bridgehead atoms. The van der Waals surface area contributed by atoms with Crippen molar-refractivity contribution in [1.29, 1.82) is 0 Å². The number of rotatable bonds is 6. The molecule has 1 amide bonds. The molecule has 2 N–H and O–H groups in total. The zero-order valence-electron chi connectivity index (χ0n) is 13.8. The van der Waals surface area contributed by atoms with Gasteiger partial charge in [-0.05, 0) is 37.2 Å². The van der Waals surface area contributed by atoms with Gasteiger partial charge in [-0.15, -0.1) is 0 Å². The van der Waals surface area contributed by atoms with E-state index in [4.69, 9.17) is 11.6 Å². The standard InChI is InChI=1S/C17H23ClN2O3/c1-17(2)13(14(17)16(22)23)15(21)19-9-12(20(3)4)10-6-5-7-11(18)8-10/h5-8,12-14H,9H2,1-4H3,(H,19,21)(H,22,23)/t12-,13+,14+/m0/s1. The van der Waals surface area contributed by atoms with Crippen molar-refractivity contribution in [2.75, 3.05) is 20.6 Å². The van der Waals surface area contributed by atoms with Crippen molar-refractivity contribution in [2.24, 2.45) is 17.3 Å². The van der Waals surface area contributed by atoms with Crippen molar-refractivity contribution in [3.05, 3.63) is 34.9 Å². The predicted molar refractivity (Wildman–Crippen MR) is 89.3 cm³/mol. The Hall–Kier alpha value is -1.59. The quantitative estimate of drug-likeness (QED) is 0.835. The zero-order valence-corrected chi connectivity index (χ0v) is 14.6. The minimum atomic E-state index is -0.908. The van der Waals surface area contributed by atoms with Crippen LogP contribution in [0.15, 0.2) is 24.3 Å². The van der Waals surface area contributed by atoms with Crippen LogP contribution in [-0.2, 0) is 9.59 Å². The van der Waals surface area contributed by atoms with Gasteiger partial charge in [-0.2, -0.15) is 0 Å². The fourth-order valence-corrected chi connectivity index (χ4v) is 3.41. The average Bonchev–Trinajstić information content (AvgIpc) is 3.01. The zero-order chi connectivity index (χ0) is 17.4. The molecule has 1 aliphatic carbocycles. The molecule has 0 unspecified atom stereocenters. The van der Waals surface area contributed by atoms with Gasteiger partial charge in [0.25, 0.3) is 0 Å². The molecule has 0 radical (unpaired) electrons. The van der Waals surface area contributed by atoms with Gasteiger partial charge in [-0.1, -0.05) is 37.6 Å². The van der Waals surface area contributed by atoms with Crippen LogP contribution in [0.5, 0.6) is 0 Å². The lowest BCUT2D eigenvalue weighted by atomic mass is 10.1. The summed E-state index contributed by atoms with van der Waals surface area (Å²) in [6.45, 7) is 4.04. The Morgan fingerprint density at radius 3 is 2.48 bits per heavy atom. The highest BCUT2D eigenvalue weighted by Crippen LogP contribution is 2.58. The first kappa shape index (κ1) is 17.8. The number of benzene rings is 1. The third kappa shape index (κ3) is 3.67. The third-order valence-electron chi connectivity index (χ3n) is 4.70. The van der Waals surface area contributed by atoms with Gasteiger partial charge in [0.15, 0.2) is 0 Å². The number of nitrogens with one attached hydrogen (secondary N) is 1. The molecule has 0 spiro atoms. The summed E-state index contributed by atoms with van der Waals surface area (Å²) in [7, 11) is 3.86. The summed E-state index contributed by atoms with van der Waals surface area (Å²) in [5.74, 6) is -2.18. The molecule has 2 rings (SSSR count). The maximum absolute atomic E-state index is 12.3. The van der Waals surface area contributed by atoms with Gasteiger partial charge in [0.1, 0.15) is 0 Å². The van der Waals surface area contributed by atoms with E-state index in [1.54, 1.807) is 6.07 Å². The van der Waals surface area contributed by atoms with E-state index in [-0.39, 0.29) is 11.9 Å². The van der Waals surface area contributed by atoms with Crippen LogP contribution in [0.25, 0.3) is 0 Å². The van der Waals surface area contributed by atoms with E-state index in [9.17, 15) is 14.7 Å². The number of hydrogen-bond donors (Lipinski definition) is 2. The second-order valence-electron chi connectivity index (χ2n) is 6.89. The van der Waals surface area contributed by atoms with Crippen LogP contribution in [-0.4, -0.2) is 42.5 Å². The number of likely N-dealkylation sites (N-methyl/N-ethyl adjacent to an activating group) is 1. The van der Waals surface area contributed by atoms with Gasteiger partial charge in [0.2, 0.25) is 5.91 Å². The largest absolute Gasteiger partial charge is 0.481 e. The minimum absolute atomic E-state index is 0.0252. The molecule has 5 nitrogen and oxygen atoms in total. The molecule has 126 valence electrons. The van der Waals surface area contributed by atoms with Crippen LogP contribution in [0.3, 0.4) is 0 Å². The normalized spacial score (nSPS) is 23.4. The maximum Gasteiger partial charge on any atom is 0.307 e. The average molecular weight is 339 g/mol. The summed E-state index contributed by atoms with van der Waals surface area (Å²) in [6.07, 6.45) is 0. The molecule has 23 heavy (non-hydrogen) atoms. The first-order valence-electron chi connectivity index (χ1n) is 7.58. The van der Waals surface area contributed by atoms with E-state index >= 15 is 0 Å². The van der Waals surface area contributed by atoms with E-state index in [1.807, 2.05) is 51.0 Å². The molecule has 0 heterocycles. The molecule has 6 heteroatoms. The van der Waals surface area contributed by atoms with Crippen LogP contribution in [0, 0.1) is 17.3 Å². The Kier molecular flexibility index (Phi) is 5.01. The number of carboxylic acid groups (broad SMARTS) is 1. The van der Waals surface area contributed by atoms with Gasteiger partial charge >= 0.3 is 5.97 Å². The highest BCUT2D eigenvalue weighted by Gasteiger charge is 2.65. The van der Waals surface area contributed by atoms with Gasteiger partial charge in [0.05, 0.1) is 17.9 Å². The summed E-state index contributed by atoms with van der Waals surface area (Å²) < 4.78 is 0. The molecular weight excluding hydrogens is 316 g/mol. The number of nitrogens with zero attached hydrogens (tertiary/aromatic N) is 1. The number of hydrogen-bond acceptors (Lipinski definition) is 3. The molecule has 1 aromatic carbocycles. The second-order valence-corrected chi connectivity index (χ2v) is 7.33. The summed E-state index contributed by atoms with van der Waals surface area (Å²) in [5.41, 5.74) is 0.521. The Bertz CT molecular complexity index is 616. The number of carboxylic acids is 1. The first-order chi connectivity index (χ1) is 10.7. The van der Waals surface area contributed by atoms with Gasteiger partial charge in [-0.3, -0.25) is 9.59 Å². The summed E-state index contributed by atoms with van der Waals surface area (Å²) in [5, 5.41) is 12.7. The fourth-order valence-electron chi connectivity index (χ4n) is 3.21. The monoisotopic (exact) mass is 338 g/mol. The van der Waals surface area contributed by atoms with Gasteiger partial charge < -0.3 is 15.3 Å². The maximum atomic E-state index is 12.3. The van der Waals surface area contributed by atoms with Crippen molar-refractivity contribution in [1.82, 2.24) is 10.2 Å². The number of aliphatic carboxylic acids is 1. The third-order valence-corrected chi connectivity index (χ3v) is 4.94. The predicted octanol–water partition coefficient (Wildman–Crippen LogP) is 2.42. The lowest BCUT2D eigenvalue weighted by molar-refractivity contribution is -0.140.